The van der Waals surface area contributed by atoms with Crippen molar-refractivity contribution in [3.05, 3.63) is 59.2 Å². The first-order chi connectivity index (χ1) is 8.81. The van der Waals surface area contributed by atoms with Crippen LogP contribution in [0.4, 0.5) is 0 Å². The molecule has 0 N–H and O–H groups in total. The number of aldehydes is 1. The third-order valence-corrected chi connectivity index (χ3v) is 3.92. The van der Waals surface area contributed by atoms with E-state index in [1.807, 2.05) is 0 Å². The first-order valence-electron chi connectivity index (χ1n) is 6.44. The van der Waals surface area contributed by atoms with Crippen LogP contribution < -0.4 is 0 Å². The van der Waals surface area contributed by atoms with Crippen molar-refractivity contribution in [1.82, 2.24) is 0 Å². The van der Waals surface area contributed by atoms with E-state index in [0.717, 1.165) is 19.1 Å². The van der Waals surface area contributed by atoms with Gasteiger partial charge in [0.2, 0.25) is 0 Å². The van der Waals surface area contributed by atoms with Crippen molar-refractivity contribution in [2.45, 2.75) is 25.7 Å². The second-order valence-corrected chi connectivity index (χ2v) is 4.97. The molecule has 0 spiro atoms. The first kappa shape index (κ1) is 11.2. The molecule has 90 valence electrons. The van der Waals surface area contributed by atoms with Gasteiger partial charge in [0.05, 0.1) is 0 Å². The summed E-state index contributed by atoms with van der Waals surface area (Å²) in [5.41, 5.74) is 6.48. The van der Waals surface area contributed by atoms with Crippen molar-refractivity contribution >= 4 is 6.29 Å². The summed E-state index contributed by atoms with van der Waals surface area (Å²) in [4.78, 5) is 11.1. The van der Waals surface area contributed by atoms with E-state index in [-0.39, 0.29) is 5.92 Å². The van der Waals surface area contributed by atoms with E-state index in [2.05, 4.69) is 49.4 Å². The number of carbonyl (C=O) groups is 1. The van der Waals surface area contributed by atoms with E-state index in [1.165, 1.54) is 27.8 Å². The highest BCUT2D eigenvalue weighted by Crippen LogP contribution is 2.38. The predicted molar refractivity (Wildman–Crippen MR) is 73.7 cm³/mol. The largest absolute Gasteiger partial charge is 0.303 e. The van der Waals surface area contributed by atoms with Gasteiger partial charge < -0.3 is 4.79 Å². The molecule has 1 atom stereocenters. The molecular formula is C17H16O. The molecule has 0 saturated heterocycles. The van der Waals surface area contributed by atoms with Gasteiger partial charge in [0.1, 0.15) is 6.29 Å². The summed E-state index contributed by atoms with van der Waals surface area (Å²) in [5, 5.41) is 0. The van der Waals surface area contributed by atoms with Crippen LogP contribution in [-0.2, 0) is 11.2 Å². The molecule has 0 fully saturated rings. The number of aryl methyl sites for hydroxylation is 1. The zero-order valence-corrected chi connectivity index (χ0v) is 10.5. The van der Waals surface area contributed by atoms with Gasteiger partial charge in [-0.3, -0.25) is 0 Å². The molecule has 0 heterocycles. The van der Waals surface area contributed by atoms with Crippen LogP contribution in [0.15, 0.2) is 42.5 Å². The Morgan fingerprint density at radius 2 is 1.83 bits per heavy atom. The Bertz CT molecular complexity index is 598. The molecule has 1 aliphatic rings. The lowest BCUT2D eigenvalue weighted by atomic mass is 9.93. The van der Waals surface area contributed by atoms with E-state index in [0.29, 0.717) is 0 Å². The lowest BCUT2D eigenvalue weighted by molar-refractivity contribution is -0.109. The number of benzene rings is 2. The maximum Gasteiger partial charge on any atom is 0.127 e. The monoisotopic (exact) mass is 236 g/mol. The van der Waals surface area contributed by atoms with Gasteiger partial charge in [-0.25, -0.2) is 0 Å². The van der Waals surface area contributed by atoms with Crippen LogP contribution in [-0.4, -0.2) is 6.29 Å². The summed E-state index contributed by atoms with van der Waals surface area (Å²) >= 11 is 0. The highest BCUT2D eigenvalue weighted by molar-refractivity contribution is 5.76. The number of hydrogen-bond donors (Lipinski definition) is 0. The Kier molecular flexibility index (Phi) is 2.75. The van der Waals surface area contributed by atoms with Crippen LogP contribution in [0.3, 0.4) is 0 Å². The molecular weight excluding hydrogens is 220 g/mol. The van der Waals surface area contributed by atoms with Gasteiger partial charge in [0.15, 0.2) is 0 Å². The molecule has 0 radical (unpaired) electrons. The van der Waals surface area contributed by atoms with Crippen molar-refractivity contribution in [3.8, 4) is 11.1 Å². The maximum atomic E-state index is 11.1. The zero-order chi connectivity index (χ0) is 12.5. The number of hydrogen-bond acceptors (Lipinski definition) is 1. The molecule has 0 saturated carbocycles. The van der Waals surface area contributed by atoms with Gasteiger partial charge in [-0.15, -0.1) is 0 Å². The van der Waals surface area contributed by atoms with Crippen molar-refractivity contribution in [3.63, 3.8) is 0 Å². The topological polar surface area (TPSA) is 17.1 Å². The Morgan fingerprint density at radius 3 is 2.61 bits per heavy atom. The molecule has 1 unspecified atom stereocenters. The molecule has 1 nitrogen and oxygen atoms in total. The molecule has 2 aromatic carbocycles. The van der Waals surface area contributed by atoms with Crippen molar-refractivity contribution in [2.75, 3.05) is 0 Å². The molecule has 1 heteroatoms. The zero-order valence-electron chi connectivity index (χ0n) is 10.5. The van der Waals surface area contributed by atoms with E-state index >= 15 is 0 Å². The predicted octanol–water partition coefficient (Wildman–Crippen LogP) is 3.89. The fourth-order valence-corrected chi connectivity index (χ4v) is 2.96. The summed E-state index contributed by atoms with van der Waals surface area (Å²) in [5.74, 6) is 0.101. The summed E-state index contributed by atoms with van der Waals surface area (Å²) in [7, 11) is 0. The van der Waals surface area contributed by atoms with E-state index < -0.39 is 0 Å². The average Bonchev–Trinajstić information content (AvgIpc) is 2.82. The highest BCUT2D eigenvalue weighted by Gasteiger charge is 2.24. The Hall–Kier alpha value is -1.89. The van der Waals surface area contributed by atoms with Crippen LogP contribution in [0, 0.1) is 6.92 Å². The van der Waals surface area contributed by atoms with Crippen molar-refractivity contribution < 1.29 is 4.79 Å². The Balaban J connectivity index is 2.18. The van der Waals surface area contributed by atoms with Crippen molar-refractivity contribution in [2.24, 2.45) is 0 Å². The Morgan fingerprint density at radius 1 is 1.06 bits per heavy atom. The summed E-state index contributed by atoms with van der Waals surface area (Å²) in [6.45, 7) is 2.14. The van der Waals surface area contributed by atoms with Crippen LogP contribution in [0.25, 0.3) is 11.1 Å². The molecule has 0 aliphatic heterocycles. The molecule has 1 aliphatic carbocycles. The molecule has 18 heavy (non-hydrogen) atoms. The van der Waals surface area contributed by atoms with Gasteiger partial charge in [0.25, 0.3) is 0 Å². The fourth-order valence-electron chi connectivity index (χ4n) is 2.96. The van der Waals surface area contributed by atoms with Gasteiger partial charge >= 0.3 is 0 Å². The van der Waals surface area contributed by atoms with E-state index in [4.69, 9.17) is 0 Å². The quantitative estimate of drug-likeness (QED) is 0.723. The van der Waals surface area contributed by atoms with E-state index in [9.17, 15) is 4.79 Å². The molecule has 3 rings (SSSR count). The second-order valence-electron chi connectivity index (χ2n) is 4.97. The summed E-state index contributed by atoms with van der Waals surface area (Å²) in [6, 6.07) is 14.8. The smallest absolute Gasteiger partial charge is 0.127 e. The van der Waals surface area contributed by atoms with Crippen LogP contribution in [0.1, 0.15) is 29.0 Å². The van der Waals surface area contributed by atoms with Gasteiger partial charge in [-0.2, -0.15) is 0 Å². The average molecular weight is 236 g/mol. The minimum atomic E-state index is 0.101. The van der Waals surface area contributed by atoms with E-state index in [1.54, 1.807) is 0 Å². The third-order valence-electron chi connectivity index (χ3n) is 3.92. The minimum Gasteiger partial charge on any atom is -0.303 e. The fraction of sp³-hybridized carbons (Fsp3) is 0.235. The van der Waals surface area contributed by atoms with Crippen LogP contribution in [0.2, 0.25) is 0 Å². The molecule has 0 amide bonds. The lowest BCUT2D eigenvalue weighted by Gasteiger charge is -2.11. The summed E-state index contributed by atoms with van der Waals surface area (Å²) < 4.78 is 0. The normalized spacial score (nSPS) is 17.5. The van der Waals surface area contributed by atoms with Gasteiger partial charge in [0, 0.05) is 5.92 Å². The molecule has 2 aromatic rings. The van der Waals surface area contributed by atoms with Gasteiger partial charge in [-0.1, -0.05) is 42.5 Å². The minimum absolute atomic E-state index is 0.101. The third kappa shape index (κ3) is 1.67. The van der Waals surface area contributed by atoms with Crippen LogP contribution in [0.5, 0.6) is 0 Å². The number of rotatable bonds is 2. The molecule has 0 aromatic heterocycles. The standard InChI is InChI=1S/C17H16O/c1-12-5-2-3-6-14(12)16-8-4-7-15-13(11-18)9-10-17(15)16/h2-8,11,13H,9-10H2,1H3. The van der Waals surface area contributed by atoms with Crippen LogP contribution >= 0.6 is 0 Å². The lowest BCUT2D eigenvalue weighted by Crippen LogP contribution is -1.94. The second kappa shape index (κ2) is 4.41. The number of fused-ring (bicyclic) bond motifs is 1. The Labute approximate surface area is 107 Å². The summed E-state index contributed by atoms with van der Waals surface area (Å²) in [6.07, 6.45) is 3.07. The van der Waals surface area contributed by atoms with Gasteiger partial charge in [-0.05, 0) is 47.6 Å². The van der Waals surface area contributed by atoms with Crippen molar-refractivity contribution in [1.29, 1.82) is 0 Å². The number of carbonyl (C=O) groups excluding carboxylic acids is 1. The molecule has 0 bridgehead atoms. The SMILES string of the molecule is Cc1ccccc1-c1cccc2c1CCC2C=O. The maximum absolute atomic E-state index is 11.1. The highest BCUT2D eigenvalue weighted by atomic mass is 16.1. The first-order valence-corrected chi connectivity index (χ1v) is 6.44.